The van der Waals surface area contributed by atoms with Crippen molar-refractivity contribution in [2.45, 2.75) is 26.1 Å². The molecule has 0 aliphatic carbocycles. The Bertz CT molecular complexity index is 1150. The third-order valence-corrected chi connectivity index (χ3v) is 7.08. The van der Waals surface area contributed by atoms with E-state index in [1.165, 1.54) is 11.3 Å². The Balaban J connectivity index is 1.38. The maximum Gasteiger partial charge on any atom is 0.410 e. The molecule has 1 unspecified atom stereocenters. The smallest absolute Gasteiger partial charge is 0.410 e. The highest BCUT2D eigenvalue weighted by Gasteiger charge is 2.35. The number of amides is 2. The number of hydrogen-bond acceptors (Lipinski definition) is 6. The average Bonchev–Trinajstić information content (AvgIpc) is 3.39. The van der Waals surface area contributed by atoms with Gasteiger partial charge in [-0.05, 0) is 43.2 Å². The molecule has 1 aromatic carbocycles. The van der Waals surface area contributed by atoms with E-state index in [0.29, 0.717) is 37.4 Å². The number of carbonyl (C=O) groups is 2. The van der Waals surface area contributed by atoms with E-state index >= 15 is 0 Å². The molecule has 4 heterocycles. The summed E-state index contributed by atoms with van der Waals surface area (Å²) in [6.07, 6.45) is -0.134. The highest BCUT2D eigenvalue weighted by Crippen LogP contribution is 2.41. The van der Waals surface area contributed by atoms with Gasteiger partial charge in [-0.1, -0.05) is 28.1 Å². The van der Waals surface area contributed by atoms with Crippen LogP contribution in [0.4, 0.5) is 9.80 Å². The first-order chi connectivity index (χ1) is 15.0. The predicted octanol–water partition coefficient (Wildman–Crippen LogP) is 5.14. The van der Waals surface area contributed by atoms with Crippen LogP contribution in [0.15, 0.2) is 45.3 Å². The Labute approximate surface area is 191 Å². The first-order valence-electron chi connectivity index (χ1n) is 10.0. The molecule has 2 aliphatic rings. The number of thiophene rings is 1. The number of furan rings is 1. The molecule has 0 fully saturated rings. The van der Waals surface area contributed by atoms with Crippen molar-refractivity contribution in [3.63, 3.8) is 0 Å². The molecule has 1 atom stereocenters. The van der Waals surface area contributed by atoms with Crippen LogP contribution in [0.3, 0.4) is 0 Å². The van der Waals surface area contributed by atoms with Crippen LogP contribution in [0.1, 0.15) is 39.6 Å². The van der Waals surface area contributed by atoms with E-state index in [0.717, 1.165) is 31.2 Å². The van der Waals surface area contributed by atoms with E-state index in [2.05, 4.69) is 26.6 Å². The number of nitrogens with one attached hydrogen (secondary N) is 2. The molecule has 0 spiro atoms. The van der Waals surface area contributed by atoms with Crippen LogP contribution in [-0.2, 0) is 17.7 Å². The summed E-state index contributed by atoms with van der Waals surface area (Å²) < 4.78 is 12.2. The summed E-state index contributed by atoms with van der Waals surface area (Å²) in [6.45, 7) is 3.14. The summed E-state index contributed by atoms with van der Waals surface area (Å²) in [4.78, 5) is 27.7. The van der Waals surface area contributed by atoms with Gasteiger partial charge in [0.05, 0.1) is 18.7 Å². The van der Waals surface area contributed by atoms with Crippen LogP contribution in [-0.4, -0.2) is 30.1 Å². The van der Waals surface area contributed by atoms with Crippen LogP contribution in [0, 0.1) is 0 Å². The molecule has 3 aromatic rings. The van der Waals surface area contributed by atoms with Crippen molar-refractivity contribution in [3.8, 4) is 11.3 Å². The molecule has 0 radical (unpaired) electrons. The van der Waals surface area contributed by atoms with Gasteiger partial charge in [0.25, 0.3) is 5.91 Å². The largest absolute Gasteiger partial charge is 0.457 e. The summed E-state index contributed by atoms with van der Waals surface area (Å²) in [6, 6.07) is 11.6. The molecular weight excluding hydrogens is 482 g/mol. The van der Waals surface area contributed by atoms with Crippen molar-refractivity contribution < 1.29 is 18.7 Å². The van der Waals surface area contributed by atoms with Crippen molar-refractivity contribution in [2.24, 2.45) is 0 Å². The van der Waals surface area contributed by atoms with Crippen LogP contribution in [0.2, 0.25) is 0 Å². The lowest BCUT2D eigenvalue weighted by Crippen LogP contribution is -2.39. The Morgan fingerprint density at radius 1 is 1.26 bits per heavy atom. The van der Waals surface area contributed by atoms with Gasteiger partial charge in [-0.25, -0.2) is 4.79 Å². The summed E-state index contributed by atoms with van der Waals surface area (Å²) in [5, 5.41) is 7.21. The van der Waals surface area contributed by atoms with Crippen LogP contribution < -0.4 is 10.6 Å². The zero-order valence-electron chi connectivity index (χ0n) is 16.7. The molecule has 0 saturated heterocycles. The minimum absolute atomic E-state index is 0.123. The second kappa shape index (κ2) is 8.05. The number of hydrogen-bond donors (Lipinski definition) is 2. The predicted molar refractivity (Wildman–Crippen MR) is 121 cm³/mol. The number of benzene rings is 1. The third-order valence-electron chi connectivity index (χ3n) is 5.40. The molecule has 2 aliphatic heterocycles. The molecule has 160 valence electrons. The maximum atomic E-state index is 12.9. The molecule has 31 heavy (non-hydrogen) atoms. The number of ether oxygens (including phenoxy) is 1. The Hall–Kier alpha value is -2.78. The molecule has 0 bridgehead atoms. The van der Waals surface area contributed by atoms with Crippen LogP contribution >= 0.6 is 27.3 Å². The standard InChI is InChI=1S/C22H20BrN3O4S/c1-2-29-22(28)26-10-9-14-17(11-26)31-21-18(14)20(27)24-19(25-21)16-8-7-15(30-16)12-3-5-13(23)6-4-12/h3-8,19,25H,2,9-11H2,1H3,(H,24,27). The van der Waals surface area contributed by atoms with E-state index in [1.54, 1.807) is 11.8 Å². The van der Waals surface area contributed by atoms with Crippen molar-refractivity contribution in [1.29, 1.82) is 0 Å². The molecule has 2 amide bonds. The Morgan fingerprint density at radius 3 is 2.84 bits per heavy atom. The second-order valence-corrected chi connectivity index (χ2v) is 9.36. The molecular formula is C22H20BrN3O4S. The molecule has 7 nitrogen and oxygen atoms in total. The first-order valence-corrected chi connectivity index (χ1v) is 11.6. The zero-order chi connectivity index (χ0) is 21.5. The Kier molecular flexibility index (Phi) is 5.23. The van der Waals surface area contributed by atoms with Gasteiger partial charge in [-0.3, -0.25) is 4.79 Å². The van der Waals surface area contributed by atoms with E-state index in [-0.39, 0.29) is 12.0 Å². The summed E-state index contributed by atoms with van der Waals surface area (Å²) in [5.41, 5.74) is 2.65. The fourth-order valence-electron chi connectivity index (χ4n) is 3.91. The van der Waals surface area contributed by atoms with Gasteiger partial charge in [0, 0.05) is 21.5 Å². The van der Waals surface area contributed by atoms with E-state index in [9.17, 15) is 9.59 Å². The van der Waals surface area contributed by atoms with Crippen LogP contribution in [0.5, 0.6) is 0 Å². The lowest BCUT2D eigenvalue weighted by molar-refractivity contribution is 0.0929. The van der Waals surface area contributed by atoms with E-state index in [1.807, 2.05) is 36.4 Å². The number of anilines is 1. The number of nitrogens with zero attached hydrogens (tertiary/aromatic N) is 1. The van der Waals surface area contributed by atoms with Crippen LogP contribution in [0.25, 0.3) is 11.3 Å². The highest BCUT2D eigenvalue weighted by atomic mass is 79.9. The molecule has 9 heteroatoms. The SMILES string of the molecule is CCOC(=O)N1CCc2c(sc3c2C(=O)NC(c2ccc(-c4ccc(Br)cc4)o2)N3)C1. The van der Waals surface area contributed by atoms with Gasteiger partial charge in [-0.2, -0.15) is 0 Å². The maximum absolute atomic E-state index is 12.9. The monoisotopic (exact) mass is 501 g/mol. The van der Waals surface area contributed by atoms with Crippen molar-refractivity contribution in [1.82, 2.24) is 10.2 Å². The summed E-state index contributed by atoms with van der Waals surface area (Å²) in [7, 11) is 0. The minimum Gasteiger partial charge on any atom is -0.457 e. The average molecular weight is 502 g/mol. The van der Waals surface area contributed by atoms with Crippen molar-refractivity contribution >= 4 is 44.3 Å². The first kappa shape index (κ1) is 20.1. The van der Waals surface area contributed by atoms with E-state index < -0.39 is 6.17 Å². The number of rotatable bonds is 3. The minimum atomic E-state index is -0.453. The topological polar surface area (TPSA) is 83.8 Å². The van der Waals surface area contributed by atoms with Crippen molar-refractivity contribution in [3.05, 3.63) is 62.6 Å². The Morgan fingerprint density at radius 2 is 2.06 bits per heavy atom. The van der Waals surface area contributed by atoms with Gasteiger partial charge < -0.3 is 24.7 Å². The highest BCUT2D eigenvalue weighted by molar-refractivity contribution is 9.10. The molecule has 2 aromatic heterocycles. The lowest BCUT2D eigenvalue weighted by atomic mass is 10.0. The number of halogens is 1. The quantitative estimate of drug-likeness (QED) is 0.519. The zero-order valence-corrected chi connectivity index (χ0v) is 19.1. The molecule has 0 saturated carbocycles. The van der Waals surface area contributed by atoms with Gasteiger partial charge in [0.15, 0.2) is 6.17 Å². The van der Waals surface area contributed by atoms with Gasteiger partial charge in [-0.15, -0.1) is 11.3 Å². The van der Waals surface area contributed by atoms with Gasteiger partial charge in [0.1, 0.15) is 16.5 Å². The number of carbonyl (C=O) groups excluding carboxylic acids is 2. The van der Waals surface area contributed by atoms with Gasteiger partial charge >= 0.3 is 6.09 Å². The lowest BCUT2D eigenvalue weighted by Gasteiger charge is -2.27. The summed E-state index contributed by atoms with van der Waals surface area (Å²) >= 11 is 4.95. The normalized spacial score (nSPS) is 17.4. The summed E-state index contributed by atoms with van der Waals surface area (Å²) in [5.74, 6) is 1.25. The molecule has 5 rings (SSSR count). The second-order valence-electron chi connectivity index (χ2n) is 7.34. The fraction of sp³-hybridized carbons (Fsp3) is 0.273. The third kappa shape index (κ3) is 3.72. The van der Waals surface area contributed by atoms with E-state index in [4.69, 9.17) is 9.15 Å². The van der Waals surface area contributed by atoms with Gasteiger partial charge in [0.2, 0.25) is 0 Å². The fourth-order valence-corrected chi connectivity index (χ4v) is 5.46. The molecule has 2 N–H and O–H groups in total. The number of fused-ring (bicyclic) bond motifs is 3. The van der Waals surface area contributed by atoms with Crippen molar-refractivity contribution in [2.75, 3.05) is 18.5 Å².